The van der Waals surface area contributed by atoms with Crippen LogP contribution >= 0.6 is 55.1 Å². The number of aromatic nitrogens is 3. The minimum Gasteiger partial charge on any atom is -0.460 e. The third kappa shape index (κ3) is 3.57. The molecule has 154 valence electrons. The van der Waals surface area contributed by atoms with Crippen LogP contribution in [0.2, 0.25) is 10.0 Å². The Morgan fingerprint density at radius 2 is 1.97 bits per heavy atom. The van der Waals surface area contributed by atoms with Crippen LogP contribution in [0.4, 0.5) is 5.69 Å². The number of nitrogens with zero attached hydrogens (tertiary/aromatic N) is 4. The molecule has 0 radical (unpaired) electrons. The minimum absolute atomic E-state index is 0.183. The van der Waals surface area contributed by atoms with Crippen molar-refractivity contribution in [2.45, 2.75) is 6.10 Å². The first kappa shape index (κ1) is 20.6. The number of fused-ring (bicyclic) bond motifs is 2. The van der Waals surface area contributed by atoms with Gasteiger partial charge in [0.25, 0.3) is 0 Å². The van der Waals surface area contributed by atoms with E-state index in [4.69, 9.17) is 27.9 Å². The first-order chi connectivity index (χ1) is 15.0. The maximum Gasteiger partial charge on any atom is 0.241 e. The Morgan fingerprint density at radius 3 is 2.74 bits per heavy atom. The first-order valence-corrected chi connectivity index (χ1v) is 11.3. The number of ether oxygens (including phenoxy) is 1. The van der Waals surface area contributed by atoms with Crippen molar-refractivity contribution in [2.75, 3.05) is 0 Å². The fraction of sp³-hybridized carbons (Fsp3) is 0.0476. The molecule has 31 heavy (non-hydrogen) atoms. The molecule has 0 amide bonds. The standard InChI is InChI=1S/C21H10Br2Cl2N4O2/c22-11-3-4-12-10(6-11)7-13-16(9-30)31-21(27-19(13)18(12)25)15-8-17(23)28-29(15)20-14(24)2-1-5-26-20/h1-9,16H. The molecule has 1 aliphatic heterocycles. The predicted octanol–water partition coefficient (Wildman–Crippen LogP) is 6.60. The van der Waals surface area contributed by atoms with E-state index >= 15 is 0 Å². The molecule has 10 heteroatoms. The maximum atomic E-state index is 11.9. The molecular formula is C21H10Br2Cl2N4O2. The largest absolute Gasteiger partial charge is 0.460 e. The molecule has 0 N–H and O–H groups in total. The first-order valence-electron chi connectivity index (χ1n) is 8.95. The number of aliphatic imine (C=N–C) groups is 1. The van der Waals surface area contributed by atoms with Crippen molar-refractivity contribution < 1.29 is 9.53 Å². The van der Waals surface area contributed by atoms with Crippen molar-refractivity contribution in [1.82, 2.24) is 14.8 Å². The number of rotatable bonds is 3. The highest BCUT2D eigenvalue weighted by Gasteiger charge is 2.30. The summed E-state index contributed by atoms with van der Waals surface area (Å²) in [6.07, 6.45) is 1.44. The summed E-state index contributed by atoms with van der Waals surface area (Å²) in [6, 6.07) is 12.7. The summed E-state index contributed by atoms with van der Waals surface area (Å²) in [4.78, 5) is 20.9. The zero-order valence-corrected chi connectivity index (χ0v) is 20.1. The Kier molecular flexibility index (Phi) is 5.34. The predicted molar refractivity (Wildman–Crippen MR) is 127 cm³/mol. The lowest BCUT2D eigenvalue weighted by Gasteiger charge is -2.24. The van der Waals surface area contributed by atoms with Gasteiger partial charge in [-0.2, -0.15) is 5.10 Å². The molecular weight excluding hydrogens is 571 g/mol. The van der Waals surface area contributed by atoms with Crippen LogP contribution in [0.3, 0.4) is 0 Å². The molecule has 6 nitrogen and oxygen atoms in total. The van der Waals surface area contributed by atoms with Crippen molar-refractivity contribution in [2.24, 2.45) is 4.99 Å². The number of aldehydes is 1. The Labute approximate surface area is 203 Å². The average molecular weight is 581 g/mol. The average Bonchev–Trinajstić information content (AvgIpc) is 3.15. The van der Waals surface area contributed by atoms with Gasteiger partial charge in [-0.15, -0.1) is 0 Å². The molecule has 1 unspecified atom stereocenters. The number of hydrogen-bond acceptors (Lipinski definition) is 5. The SMILES string of the molecule is O=CC1OC(c2cc(Br)nn2-c2ncccc2Cl)=Nc2c1cc1cc(Br)ccc1c2Cl. The molecule has 4 aromatic rings. The van der Waals surface area contributed by atoms with Gasteiger partial charge in [0.1, 0.15) is 10.3 Å². The van der Waals surface area contributed by atoms with Crippen molar-refractivity contribution >= 4 is 83.7 Å². The second-order valence-corrected chi connectivity index (χ2v) is 9.17. The fourth-order valence-electron chi connectivity index (χ4n) is 3.40. The van der Waals surface area contributed by atoms with Crippen molar-refractivity contribution in [3.8, 4) is 5.82 Å². The van der Waals surface area contributed by atoms with Gasteiger partial charge < -0.3 is 4.74 Å². The summed E-state index contributed by atoms with van der Waals surface area (Å²) in [5.74, 6) is 0.585. The summed E-state index contributed by atoms with van der Waals surface area (Å²) < 4.78 is 8.89. The summed E-state index contributed by atoms with van der Waals surface area (Å²) >= 11 is 19.9. The highest BCUT2D eigenvalue weighted by atomic mass is 79.9. The van der Waals surface area contributed by atoms with Gasteiger partial charge >= 0.3 is 0 Å². The summed E-state index contributed by atoms with van der Waals surface area (Å²) in [6.45, 7) is 0. The molecule has 0 spiro atoms. The summed E-state index contributed by atoms with van der Waals surface area (Å²) in [5.41, 5.74) is 1.54. The third-order valence-corrected chi connectivity index (χ3v) is 6.32. The fourth-order valence-corrected chi connectivity index (χ4v) is 4.68. The van der Waals surface area contributed by atoms with Crippen LogP contribution in [0.1, 0.15) is 17.4 Å². The lowest BCUT2D eigenvalue weighted by Crippen LogP contribution is -2.21. The molecule has 0 saturated heterocycles. The second-order valence-electron chi connectivity index (χ2n) is 6.66. The Bertz CT molecular complexity index is 1400. The van der Waals surface area contributed by atoms with Crippen LogP contribution in [-0.4, -0.2) is 26.9 Å². The van der Waals surface area contributed by atoms with Crippen molar-refractivity contribution in [3.05, 3.63) is 79.0 Å². The molecule has 0 bridgehead atoms. The van der Waals surface area contributed by atoms with E-state index < -0.39 is 6.10 Å². The van der Waals surface area contributed by atoms with Crippen molar-refractivity contribution in [3.63, 3.8) is 0 Å². The van der Waals surface area contributed by atoms with Crippen LogP contribution in [0.25, 0.3) is 16.6 Å². The quantitative estimate of drug-likeness (QED) is 0.256. The minimum atomic E-state index is -0.885. The number of hydrogen-bond donors (Lipinski definition) is 0. The zero-order valence-electron chi connectivity index (χ0n) is 15.4. The third-order valence-electron chi connectivity index (χ3n) is 4.76. The maximum absolute atomic E-state index is 11.9. The smallest absolute Gasteiger partial charge is 0.241 e. The molecule has 0 fully saturated rings. The zero-order chi connectivity index (χ0) is 21.7. The number of pyridine rings is 1. The topological polar surface area (TPSA) is 69.4 Å². The van der Waals surface area contributed by atoms with Gasteiger partial charge in [-0.25, -0.2) is 14.7 Å². The molecule has 3 heterocycles. The van der Waals surface area contributed by atoms with Crippen LogP contribution < -0.4 is 0 Å². The van der Waals surface area contributed by atoms with E-state index in [1.807, 2.05) is 24.3 Å². The number of halogens is 4. The number of benzene rings is 2. The Balaban J connectivity index is 1.74. The Hall–Kier alpha value is -2.26. The van der Waals surface area contributed by atoms with E-state index in [-0.39, 0.29) is 5.90 Å². The highest BCUT2D eigenvalue weighted by Crippen LogP contribution is 2.43. The van der Waals surface area contributed by atoms with Crippen molar-refractivity contribution in [1.29, 1.82) is 0 Å². The van der Waals surface area contributed by atoms with E-state index in [0.717, 1.165) is 21.5 Å². The molecule has 5 rings (SSSR count). The van der Waals surface area contributed by atoms with Gasteiger partial charge in [-0.1, -0.05) is 45.2 Å². The van der Waals surface area contributed by atoms with E-state index in [9.17, 15) is 4.79 Å². The van der Waals surface area contributed by atoms with E-state index in [2.05, 4.69) is 46.9 Å². The summed E-state index contributed by atoms with van der Waals surface area (Å²) in [5, 5.41) is 6.94. The normalized spacial score (nSPS) is 15.4. The number of carbonyl (C=O) groups excluding carboxylic acids is 1. The van der Waals surface area contributed by atoms with Gasteiger partial charge in [-0.05, 0) is 51.6 Å². The van der Waals surface area contributed by atoms with Crippen LogP contribution in [-0.2, 0) is 9.53 Å². The van der Waals surface area contributed by atoms with Gasteiger partial charge in [0.15, 0.2) is 18.2 Å². The lowest BCUT2D eigenvalue weighted by molar-refractivity contribution is -0.114. The Morgan fingerprint density at radius 1 is 1.13 bits per heavy atom. The van der Waals surface area contributed by atoms with E-state index in [1.54, 1.807) is 24.4 Å². The van der Waals surface area contributed by atoms with Gasteiger partial charge in [-0.3, -0.25) is 4.79 Å². The lowest BCUT2D eigenvalue weighted by atomic mass is 10.0. The van der Waals surface area contributed by atoms with Crippen LogP contribution in [0.15, 0.2) is 62.7 Å². The van der Waals surface area contributed by atoms with E-state index in [1.165, 1.54) is 4.68 Å². The molecule has 0 aliphatic carbocycles. The van der Waals surface area contributed by atoms with Gasteiger partial charge in [0.2, 0.25) is 5.90 Å². The second kappa shape index (κ2) is 8.02. The van der Waals surface area contributed by atoms with E-state index in [0.29, 0.717) is 37.4 Å². The van der Waals surface area contributed by atoms with Gasteiger partial charge in [0.05, 0.1) is 15.7 Å². The highest BCUT2D eigenvalue weighted by molar-refractivity contribution is 9.10. The molecule has 1 aliphatic rings. The molecule has 0 saturated carbocycles. The van der Waals surface area contributed by atoms with Gasteiger partial charge in [0, 0.05) is 27.7 Å². The van der Waals surface area contributed by atoms with Crippen LogP contribution in [0, 0.1) is 0 Å². The summed E-state index contributed by atoms with van der Waals surface area (Å²) in [7, 11) is 0. The van der Waals surface area contributed by atoms with Crippen LogP contribution in [0.5, 0.6) is 0 Å². The number of carbonyl (C=O) groups is 1. The molecule has 2 aromatic heterocycles. The molecule has 2 aromatic carbocycles. The molecule has 1 atom stereocenters. The monoisotopic (exact) mass is 578 g/mol.